The van der Waals surface area contributed by atoms with Crippen LogP contribution in [0.25, 0.3) is 0 Å². The number of aliphatic imine (C=N–C) groups is 1. The molecule has 28 heavy (non-hydrogen) atoms. The van der Waals surface area contributed by atoms with Gasteiger partial charge in [-0.3, -0.25) is 9.79 Å². The van der Waals surface area contributed by atoms with E-state index in [1.807, 2.05) is 18.2 Å². The largest absolute Gasteiger partial charge is 0.369 e. The molecular formula is C20H33ClIN5O. The van der Waals surface area contributed by atoms with Gasteiger partial charge in [0.05, 0.1) is 0 Å². The van der Waals surface area contributed by atoms with Crippen LogP contribution >= 0.6 is 35.6 Å². The molecule has 0 bridgehead atoms. The number of carbonyl (C=O) groups excluding carboxylic acids is 1. The van der Waals surface area contributed by atoms with E-state index in [-0.39, 0.29) is 35.8 Å². The maximum absolute atomic E-state index is 11.2. The molecule has 6 nitrogen and oxygen atoms in total. The van der Waals surface area contributed by atoms with E-state index in [2.05, 4.69) is 26.6 Å². The zero-order valence-electron chi connectivity index (χ0n) is 16.6. The number of carbonyl (C=O) groups is 1. The Hall–Kier alpha value is -1.06. The quantitative estimate of drug-likeness (QED) is 0.202. The lowest BCUT2D eigenvalue weighted by molar-refractivity contribution is -0.123. The number of amides is 1. The van der Waals surface area contributed by atoms with E-state index >= 15 is 0 Å². The maximum atomic E-state index is 11.2. The molecule has 1 aliphatic rings. The smallest absolute Gasteiger partial charge is 0.220 e. The van der Waals surface area contributed by atoms with Crippen molar-refractivity contribution in [1.82, 2.24) is 15.5 Å². The second kappa shape index (κ2) is 14.0. The summed E-state index contributed by atoms with van der Waals surface area (Å²) in [7, 11) is 1.79. The maximum Gasteiger partial charge on any atom is 0.220 e. The van der Waals surface area contributed by atoms with Crippen LogP contribution in [0.2, 0.25) is 5.02 Å². The molecule has 0 unspecified atom stereocenters. The van der Waals surface area contributed by atoms with Gasteiger partial charge in [-0.05, 0) is 69.4 Å². The van der Waals surface area contributed by atoms with Crippen LogP contribution in [-0.4, -0.2) is 56.5 Å². The Morgan fingerprint density at radius 3 is 2.61 bits per heavy atom. The van der Waals surface area contributed by atoms with E-state index in [1.54, 1.807) is 7.05 Å². The highest BCUT2D eigenvalue weighted by Gasteiger charge is 2.22. The number of piperidine rings is 1. The van der Waals surface area contributed by atoms with Crippen LogP contribution in [-0.2, 0) is 11.2 Å². The number of hydrogen-bond acceptors (Lipinski definition) is 3. The van der Waals surface area contributed by atoms with Gasteiger partial charge < -0.3 is 21.3 Å². The molecule has 0 saturated carbocycles. The fourth-order valence-corrected chi connectivity index (χ4v) is 3.56. The molecule has 1 aromatic rings. The van der Waals surface area contributed by atoms with E-state index in [0.29, 0.717) is 0 Å². The third-order valence-corrected chi connectivity index (χ3v) is 5.24. The molecule has 1 aromatic carbocycles. The molecule has 0 aromatic heterocycles. The van der Waals surface area contributed by atoms with Crippen molar-refractivity contribution >= 4 is 47.4 Å². The molecular weight excluding hydrogens is 489 g/mol. The summed E-state index contributed by atoms with van der Waals surface area (Å²) in [5.41, 5.74) is 6.59. The first-order chi connectivity index (χ1) is 13.1. The zero-order valence-corrected chi connectivity index (χ0v) is 19.7. The van der Waals surface area contributed by atoms with Crippen molar-refractivity contribution < 1.29 is 4.79 Å². The first kappa shape index (κ1) is 25.0. The number of nitrogens with zero attached hydrogens (tertiary/aromatic N) is 2. The highest BCUT2D eigenvalue weighted by atomic mass is 127. The highest BCUT2D eigenvalue weighted by Crippen LogP contribution is 2.16. The summed E-state index contributed by atoms with van der Waals surface area (Å²) < 4.78 is 0. The predicted octanol–water partition coefficient (Wildman–Crippen LogP) is 2.64. The topological polar surface area (TPSA) is 82.8 Å². The Balaban J connectivity index is 0.00000392. The molecule has 8 heteroatoms. The summed E-state index contributed by atoms with van der Waals surface area (Å²) in [6.07, 6.45) is 4.93. The molecule has 1 fully saturated rings. The van der Waals surface area contributed by atoms with Gasteiger partial charge in [0.2, 0.25) is 5.91 Å². The summed E-state index contributed by atoms with van der Waals surface area (Å²) in [4.78, 5) is 17.9. The van der Waals surface area contributed by atoms with Gasteiger partial charge in [-0.15, -0.1) is 24.0 Å². The molecule has 0 atom stereocenters. The van der Waals surface area contributed by atoms with Crippen molar-refractivity contribution in [3.8, 4) is 0 Å². The molecule has 2 rings (SSSR count). The van der Waals surface area contributed by atoms with Crippen molar-refractivity contribution in [3.05, 3.63) is 34.9 Å². The monoisotopic (exact) mass is 521 g/mol. The third kappa shape index (κ3) is 9.43. The predicted molar refractivity (Wildman–Crippen MR) is 128 cm³/mol. The summed E-state index contributed by atoms with van der Waals surface area (Å²) in [5, 5.41) is 7.47. The number of halogens is 2. The second-order valence-corrected chi connectivity index (χ2v) is 7.47. The van der Waals surface area contributed by atoms with Gasteiger partial charge in [0.15, 0.2) is 5.96 Å². The van der Waals surface area contributed by atoms with Gasteiger partial charge in [-0.1, -0.05) is 23.7 Å². The van der Waals surface area contributed by atoms with Crippen molar-refractivity contribution in [1.29, 1.82) is 0 Å². The van der Waals surface area contributed by atoms with Crippen molar-refractivity contribution in [2.24, 2.45) is 16.6 Å². The molecule has 4 N–H and O–H groups in total. The number of nitrogens with one attached hydrogen (secondary N) is 2. The first-order valence-electron chi connectivity index (χ1n) is 9.79. The highest BCUT2D eigenvalue weighted by molar-refractivity contribution is 14.0. The number of primary amides is 1. The number of nitrogens with two attached hydrogens (primary N) is 1. The summed E-state index contributed by atoms with van der Waals surface area (Å²) in [5.74, 6) is 0.761. The van der Waals surface area contributed by atoms with Gasteiger partial charge in [-0.25, -0.2) is 0 Å². The Morgan fingerprint density at radius 1 is 1.25 bits per heavy atom. The average molecular weight is 522 g/mol. The summed E-state index contributed by atoms with van der Waals surface area (Å²) in [6.45, 7) is 4.75. The Labute approximate surface area is 190 Å². The lowest BCUT2D eigenvalue weighted by atomic mass is 9.96. The van der Waals surface area contributed by atoms with E-state index in [9.17, 15) is 4.79 Å². The number of benzene rings is 1. The van der Waals surface area contributed by atoms with E-state index in [1.165, 1.54) is 5.56 Å². The molecule has 1 aliphatic heterocycles. The van der Waals surface area contributed by atoms with Gasteiger partial charge in [-0.2, -0.15) is 0 Å². The fourth-order valence-electron chi connectivity index (χ4n) is 3.35. The first-order valence-corrected chi connectivity index (χ1v) is 10.2. The Morgan fingerprint density at radius 2 is 1.96 bits per heavy atom. The van der Waals surface area contributed by atoms with Crippen molar-refractivity contribution in [3.63, 3.8) is 0 Å². The number of guanidine groups is 1. The van der Waals surface area contributed by atoms with E-state index in [0.717, 1.165) is 75.8 Å². The van der Waals surface area contributed by atoms with Gasteiger partial charge in [0.25, 0.3) is 0 Å². The van der Waals surface area contributed by atoms with Crippen LogP contribution in [0.1, 0.15) is 31.2 Å². The molecule has 158 valence electrons. The molecule has 0 spiro atoms. The molecule has 1 saturated heterocycles. The lowest BCUT2D eigenvalue weighted by Gasteiger charge is -2.30. The van der Waals surface area contributed by atoms with Crippen LogP contribution in [0.4, 0.5) is 0 Å². The standard InChI is InChI=1S/C20H32ClN5O.HI/c1-23-20(25-11-7-16-5-4-6-18(21)15-16)24-10-2-3-12-26-13-8-17(9-14-26)19(22)27;/h4-6,15,17H,2-3,7-14H2,1H3,(H2,22,27)(H2,23,24,25);1H. The number of hydrogen-bond donors (Lipinski definition) is 3. The molecule has 0 radical (unpaired) electrons. The fraction of sp³-hybridized carbons (Fsp3) is 0.600. The van der Waals surface area contributed by atoms with Crippen LogP contribution < -0.4 is 16.4 Å². The normalized spacial score (nSPS) is 15.7. The molecule has 1 heterocycles. The van der Waals surface area contributed by atoms with E-state index in [4.69, 9.17) is 17.3 Å². The van der Waals surface area contributed by atoms with Gasteiger partial charge in [0.1, 0.15) is 0 Å². The van der Waals surface area contributed by atoms with Crippen LogP contribution in [0.15, 0.2) is 29.3 Å². The summed E-state index contributed by atoms with van der Waals surface area (Å²) in [6, 6.07) is 7.93. The van der Waals surface area contributed by atoms with Gasteiger partial charge in [0, 0.05) is 31.1 Å². The Kier molecular flexibility index (Phi) is 12.5. The van der Waals surface area contributed by atoms with Crippen LogP contribution in [0, 0.1) is 5.92 Å². The van der Waals surface area contributed by atoms with Crippen LogP contribution in [0.3, 0.4) is 0 Å². The zero-order chi connectivity index (χ0) is 19.5. The van der Waals surface area contributed by atoms with E-state index < -0.39 is 0 Å². The van der Waals surface area contributed by atoms with Crippen molar-refractivity contribution in [2.75, 3.05) is 39.8 Å². The molecule has 1 amide bonds. The van der Waals surface area contributed by atoms with Crippen LogP contribution in [0.5, 0.6) is 0 Å². The Bertz CT molecular complexity index is 620. The number of unbranched alkanes of at least 4 members (excludes halogenated alkanes) is 1. The minimum atomic E-state index is -0.145. The number of likely N-dealkylation sites (tertiary alicyclic amines) is 1. The minimum Gasteiger partial charge on any atom is -0.369 e. The van der Waals surface area contributed by atoms with Crippen molar-refractivity contribution in [2.45, 2.75) is 32.1 Å². The SMILES string of the molecule is CN=C(NCCCCN1CCC(C(N)=O)CC1)NCCc1cccc(Cl)c1.I. The lowest BCUT2D eigenvalue weighted by Crippen LogP contribution is -2.40. The van der Waals surface area contributed by atoms with Gasteiger partial charge >= 0.3 is 0 Å². The number of rotatable bonds is 9. The third-order valence-electron chi connectivity index (χ3n) is 5.00. The molecule has 0 aliphatic carbocycles. The average Bonchev–Trinajstić information content (AvgIpc) is 2.66. The minimum absolute atomic E-state index is 0. The second-order valence-electron chi connectivity index (χ2n) is 7.03. The summed E-state index contributed by atoms with van der Waals surface area (Å²) >= 11 is 6.01.